The minimum Gasteiger partial charge on any atom is -0.490 e. The number of rotatable bonds is 8. The van der Waals surface area contributed by atoms with Crippen molar-refractivity contribution in [2.24, 2.45) is 0 Å². The first-order chi connectivity index (χ1) is 13.6. The van der Waals surface area contributed by atoms with Crippen molar-refractivity contribution in [3.63, 3.8) is 0 Å². The molecule has 0 saturated heterocycles. The van der Waals surface area contributed by atoms with Gasteiger partial charge < -0.3 is 20.5 Å². The molecule has 9 heteroatoms. The molecule has 0 fully saturated rings. The Bertz CT molecular complexity index is 977. The van der Waals surface area contributed by atoms with Gasteiger partial charge in [-0.05, 0) is 37.6 Å². The zero-order chi connectivity index (χ0) is 19.9. The topological polar surface area (TPSA) is 112 Å². The van der Waals surface area contributed by atoms with Crippen molar-refractivity contribution >= 4 is 23.1 Å². The monoisotopic (exact) mass is 379 g/mol. The molecule has 0 atom stereocenters. The summed E-state index contributed by atoms with van der Waals surface area (Å²) in [7, 11) is 0. The third kappa shape index (κ3) is 4.75. The van der Waals surface area contributed by atoms with E-state index in [1.54, 1.807) is 18.3 Å². The molecule has 0 spiro atoms. The summed E-state index contributed by atoms with van der Waals surface area (Å²) in [6.07, 6.45) is 1.68. The molecule has 0 aliphatic rings. The molecular weight excluding hydrogens is 358 g/mol. The third-order valence-electron chi connectivity index (χ3n) is 3.90. The Labute approximate surface area is 162 Å². The van der Waals surface area contributed by atoms with Crippen molar-refractivity contribution < 1.29 is 9.84 Å². The van der Waals surface area contributed by atoms with Gasteiger partial charge in [0.15, 0.2) is 5.82 Å². The molecule has 3 aromatic heterocycles. The van der Waals surface area contributed by atoms with E-state index >= 15 is 0 Å². The number of aryl methyl sites for hydroxylation is 2. The molecule has 0 aromatic carbocycles. The Morgan fingerprint density at radius 1 is 1.25 bits per heavy atom. The molecule has 144 valence electrons. The number of aromatic nitrogens is 4. The van der Waals surface area contributed by atoms with E-state index in [2.05, 4.69) is 35.6 Å². The van der Waals surface area contributed by atoms with Gasteiger partial charge in [-0.1, -0.05) is 0 Å². The quantitative estimate of drug-likeness (QED) is 0.351. The molecular formula is C19H21N7O2. The maximum atomic E-state index is 9.12. The standard InChI is InChI=1S/C19H21N7O2/c1-12-8-16(23-17-9-14(11-27)25-26-17)24-19(18(12)20-3)21-6-7-28-15-5-4-13(2)22-10-15/h4-5,8-10,27H,6-7,11H2,1-2H3,(H3,21,23,24,25,26). The lowest BCUT2D eigenvalue weighted by Gasteiger charge is -2.13. The Hall–Kier alpha value is -3.64. The molecule has 0 amide bonds. The van der Waals surface area contributed by atoms with E-state index in [0.717, 1.165) is 11.3 Å². The minimum atomic E-state index is -0.124. The SMILES string of the molecule is [C-]#[N+]c1c(C)cc(Nc2cc(CO)[nH]n2)nc1NCCOc1ccc(C)nc1. The number of aliphatic hydroxyl groups excluding tert-OH is 1. The zero-order valence-electron chi connectivity index (χ0n) is 15.7. The van der Waals surface area contributed by atoms with Gasteiger partial charge in [-0.3, -0.25) is 10.1 Å². The number of hydrogen-bond donors (Lipinski definition) is 4. The molecule has 0 saturated carbocycles. The van der Waals surface area contributed by atoms with Crippen LogP contribution in [0.5, 0.6) is 5.75 Å². The zero-order valence-corrected chi connectivity index (χ0v) is 15.7. The first kappa shape index (κ1) is 19.1. The molecule has 3 heterocycles. The van der Waals surface area contributed by atoms with Gasteiger partial charge >= 0.3 is 0 Å². The second-order valence-electron chi connectivity index (χ2n) is 6.11. The summed E-state index contributed by atoms with van der Waals surface area (Å²) in [5.41, 5.74) is 2.77. The molecule has 9 nitrogen and oxygen atoms in total. The van der Waals surface area contributed by atoms with E-state index < -0.39 is 0 Å². The average molecular weight is 379 g/mol. The van der Waals surface area contributed by atoms with E-state index in [1.807, 2.05) is 26.0 Å². The highest BCUT2D eigenvalue weighted by Gasteiger charge is 2.11. The number of ether oxygens (including phenoxy) is 1. The molecule has 3 rings (SSSR count). The highest BCUT2D eigenvalue weighted by atomic mass is 16.5. The van der Waals surface area contributed by atoms with Crippen LogP contribution in [0.3, 0.4) is 0 Å². The maximum absolute atomic E-state index is 9.12. The molecule has 0 aliphatic carbocycles. The number of pyridine rings is 2. The van der Waals surface area contributed by atoms with Gasteiger partial charge in [0, 0.05) is 18.3 Å². The van der Waals surface area contributed by atoms with E-state index in [9.17, 15) is 0 Å². The summed E-state index contributed by atoms with van der Waals surface area (Å²) in [5.74, 6) is 2.25. The summed E-state index contributed by atoms with van der Waals surface area (Å²) in [5, 5.41) is 22.1. The van der Waals surface area contributed by atoms with Gasteiger partial charge in [-0.25, -0.2) is 9.83 Å². The molecule has 3 aromatic rings. The average Bonchev–Trinajstić information content (AvgIpc) is 3.14. The van der Waals surface area contributed by atoms with Crippen molar-refractivity contribution in [3.05, 3.63) is 58.8 Å². The molecule has 0 bridgehead atoms. The van der Waals surface area contributed by atoms with Crippen LogP contribution in [0.25, 0.3) is 4.85 Å². The predicted molar refractivity (Wildman–Crippen MR) is 106 cm³/mol. The van der Waals surface area contributed by atoms with Crippen molar-refractivity contribution in [1.82, 2.24) is 20.2 Å². The fraction of sp³-hybridized carbons (Fsp3) is 0.263. The van der Waals surface area contributed by atoms with Gasteiger partial charge in [-0.15, -0.1) is 0 Å². The van der Waals surface area contributed by atoms with Crippen LogP contribution in [0.1, 0.15) is 17.0 Å². The van der Waals surface area contributed by atoms with Gasteiger partial charge in [-0.2, -0.15) is 5.10 Å². The van der Waals surface area contributed by atoms with Crippen molar-refractivity contribution in [2.75, 3.05) is 23.8 Å². The fourth-order valence-corrected chi connectivity index (χ4v) is 2.51. The van der Waals surface area contributed by atoms with E-state index in [0.29, 0.717) is 47.7 Å². The number of anilines is 3. The number of nitrogens with one attached hydrogen (secondary N) is 3. The smallest absolute Gasteiger partial charge is 0.231 e. The first-order valence-electron chi connectivity index (χ1n) is 8.69. The first-order valence-corrected chi connectivity index (χ1v) is 8.69. The largest absolute Gasteiger partial charge is 0.490 e. The summed E-state index contributed by atoms with van der Waals surface area (Å²) in [6.45, 7) is 11.9. The maximum Gasteiger partial charge on any atom is 0.231 e. The van der Waals surface area contributed by atoms with Crippen LogP contribution >= 0.6 is 0 Å². The number of hydrogen-bond acceptors (Lipinski definition) is 7. The highest BCUT2D eigenvalue weighted by molar-refractivity contribution is 5.73. The number of aromatic amines is 1. The van der Waals surface area contributed by atoms with E-state index in [1.165, 1.54) is 0 Å². The van der Waals surface area contributed by atoms with Gasteiger partial charge in [0.25, 0.3) is 0 Å². The lowest BCUT2D eigenvalue weighted by molar-refractivity contribution is 0.276. The lowest BCUT2D eigenvalue weighted by Crippen LogP contribution is -2.13. The number of aliphatic hydroxyl groups is 1. The van der Waals surface area contributed by atoms with E-state index in [-0.39, 0.29) is 6.61 Å². The second-order valence-corrected chi connectivity index (χ2v) is 6.11. The van der Waals surface area contributed by atoms with Crippen molar-refractivity contribution in [2.45, 2.75) is 20.5 Å². The minimum absolute atomic E-state index is 0.124. The molecule has 4 N–H and O–H groups in total. The Morgan fingerprint density at radius 2 is 2.11 bits per heavy atom. The predicted octanol–water partition coefficient (Wildman–Crippen LogP) is 3.09. The van der Waals surface area contributed by atoms with Crippen LogP contribution in [-0.2, 0) is 6.61 Å². The summed E-state index contributed by atoms with van der Waals surface area (Å²) >= 11 is 0. The lowest BCUT2D eigenvalue weighted by atomic mass is 10.2. The Balaban J connectivity index is 1.65. The van der Waals surface area contributed by atoms with Gasteiger partial charge in [0.1, 0.15) is 24.0 Å². The van der Waals surface area contributed by atoms with Crippen LogP contribution in [0.15, 0.2) is 30.5 Å². The molecule has 0 radical (unpaired) electrons. The van der Waals surface area contributed by atoms with Crippen molar-refractivity contribution in [1.29, 1.82) is 0 Å². The molecule has 0 aliphatic heterocycles. The Morgan fingerprint density at radius 3 is 2.79 bits per heavy atom. The van der Waals surface area contributed by atoms with Crippen LogP contribution < -0.4 is 15.4 Å². The van der Waals surface area contributed by atoms with Crippen LogP contribution in [0.2, 0.25) is 0 Å². The third-order valence-corrected chi connectivity index (χ3v) is 3.90. The summed E-state index contributed by atoms with van der Waals surface area (Å²) < 4.78 is 5.64. The summed E-state index contributed by atoms with van der Waals surface area (Å²) in [4.78, 5) is 12.2. The number of nitrogens with zero attached hydrogens (tertiary/aromatic N) is 4. The van der Waals surface area contributed by atoms with Crippen LogP contribution in [0, 0.1) is 20.4 Å². The number of H-pyrrole nitrogens is 1. The fourth-order valence-electron chi connectivity index (χ4n) is 2.51. The summed E-state index contributed by atoms with van der Waals surface area (Å²) in [6, 6.07) is 7.22. The van der Waals surface area contributed by atoms with Gasteiger partial charge in [0.2, 0.25) is 5.69 Å². The van der Waals surface area contributed by atoms with Gasteiger partial charge in [0.05, 0.1) is 25.1 Å². The molecule has 28 heavy (non-hydrogen) atoms. The van der Waals surface area contributed by atoms with Crippen LogP contribution in [-0.4, -0.2) is 38.4 Å². The highest BCUT2D eigenvalue weighted by Crippen LogP contribution is 2.30. The normalized spacial score (nSPS) is 10.4. The second kappa shape index (κ2) is 8.83. The van der Waals surface area contributed by atoms with Crippen molar-refractivity contribution in [3.8, 4) is 5.75 Å². The van der Waals surface area contributed by atoms with Crippen LogP contribution in [0.4, 0.5) is 23.1 Å². The molecule has 0 unspecified atom stereocenters. The van der Waals surface area contributed by atoms with E-state index in [4.69, 9.17) is 16.4 Å². The Kier molecular flexibility index (Phi) is 6.04.